The van der Waals surface area contributed by atoms with Crippen LogP contribution in [-0.2, 0) is 14.8 Å². The first kappa shape index (κ1) is 28.5. The lowest BCUT2D eigenvalue weighted by Crippen LogP contribution is -2.51. The third kappa shape index (κ3) is 6.72. The van der Waals surface area contributed by atoms with E-state index in [1.54, 1.807) is 6.07 Å². The van der Waals surface area contributed by atoms with Crippen molar-refractivity contribution in [2.75, 3.05) is 52.9 Å². The molecule has 2 aromatic rings. The number of carbonyl (C=O) groups is 1. The Morgan fingerprint density at radius 1 is 0.946 bits per heavy atom. The summed E-state index contributed by atoms with van der Waals surface area (Å²) in [5.74, 6) is 0.761. The highest BCUT2D eigenvalue weighted by Gasteiger charge is 2.42. The molecule has 1 amide bonds. The van der Waals surface area contributed by atoms with Gasteiger partial charge in [0.2, 0.25) is 15.9 Å². The van der Waals surface area contributed by atoms with E-state index in [1.165, 1.54) is 22.5 Å². The minimum absolute atomic E-state index is 0.0347. The van der Waals surface area contributed by atoms with Gasteiger partial charge in [0.15, 0.2) is 0 Å². The maximum atomic E-state index is 13.4. The molecular weight excluding hydrogens is 557 g/mol. The summed E-state index contributed by atoms with van der Waals surface area (Å²) >= 11 is 18.3. The Morgan fingerprint density at radius 3 is 2.24 bits per heavy atom. The fourth-order valence-electron chi connectivity index (χ4n) is 4.83. The number of nitrogens with zero attached hydrogens (tertiary/aromatic N) is 3. The highest BCUT2D eigenvalue weighted by atomic mass is 35.5. The summed E-state index contributed by atoms with van der Waals surface area (Å²) in [7, 11) is -1.76. The standard InChI is InChI=1S/C26H32Cl3N3O4S/c1-19-15-21(4-5-22(19)28)36-18-26(17-25(33)31-13-11-30(2)12-14-31)7-9-32(10-8-26)37(34,35)24-6-3-20(27)16-23(24)29/h3-6,15-16H,7-14,17-18H2,1-2H3. The predicted octanol–water partition coefficient (Wildman–Crippen LogP) is 4.97. The molecule has 0 aliphatic carbocycles. The molecule has 2 saturated heterocycles. The normalized spacial score (nSPS) is 19.1. The van der Waals surface area contributed by atoms with Crippen LogP contribution in [-0.4, -0.2) is 81.4 Å². The first-order chi connectivity index (χ1) is 17.5. The lowest BCUT2D eigenvalue weighted by Gasteiger charge is -2.42. The molecule has 2 aliphatic heterocycles. The van der Waals surface area contributed by atoms with E-state index >= 15 is 0 Å². The molecule has 2 heterocycles. The number of piperazine rings is 1. The van der Waals surface area contributed by atoms with Crippen LogP contribution in [0.25, 0.3) is 0 Å². The molecule has 37 heavy (non-hydrogen) atoms. The number of amides is 1. The van der Waals surface area contributed by atoms with E-state index in [-0.39, 0.29) is 28.9 Å². The van der Waals surface area contributed by atoms with Gasteiger partial charge >= 0.3 is 0 Å². The van der Waals surface area contributed by atoms with Crippen molar-refractivity contribution in [2.45, 2.75) is 31.1 Å². The molecule has 2 aromatic carbocycles. The number of likely N-dealkylation sites (N-methyl/N-ethyl adjacent to an activating group) is 1. The number of benzene rings is 2. The quantitative estimate of drug-likeness (QED) is 0.457. The van der Waals surface area contributed by atoms with Crippen molar-refractivity contribution in [3.63, 3.8) is 0 Å². The largest absolute Gasteiger partial charge is 0.493 e. The molecule has 7 nitrogen and oxygen atoms in total. The molecule has 0 bridgehead atoms. The third-order valence-corrected chi connectivity index (χ3v) is 10.4. The van der Waals surface area contributed by atoms with Crippen molar-refractivity contribution in [3.05, 3.63) is 57.0 Å². The molecule has 0 aromatic heterocycles. The SMILES string of the molecule is Cc1cc(OCC2(CC(=O)N3CCN(C)CC3)CCN(S(=O)(=O)c3ccc(Cl)cc3Cl)CC2)ccc1Cl. The molecule has 11 heteroatoms. The van der Waals surface area contributed by atoms with E-state index < -0.39 is 15.4 Å². The first-order valence-electron chi connectivity index (χ1n) is 12.3. The molecular formula is C26H32Cl3N3O4S. The second kappa shape index (κ2) is 11.7. The zero-order valence-corrected chi connectivity index (χ0v) is 24.1. The Labute approximate surface area is 234 Å². The lowest BCUT2D eigenvalue weighted by atomic mass is 9.76. The maximum absolute atomic E-state index is 13.4. The molecule has 0 radical (unpaired) electrons. The summed E-state index contributed by atoms with van der Waals surface area (Å²) < 4.78 is 34.3. The number of ether oxygens (including phenoxy) is 1. The highest BCUT2D eigenvalue weighted by Crippen LogP contribution is 2.39. The van der Waals surface area contributed by atoms with Crippen molar-refractivity contribution in [3.8, 4) is 5.75 Å². The number of piperidine rings is 1. The number of rotatable bonds is 7. The van der Waals surface area contributed by atoms with Crippen molar-refractivity contribution in [2.24, 2.45) is 5.41 Å². The van der Waals surface area contributed by atoms with Gasteiger partial charge in [-0.05, 0) is 68.8 Å². The van der Waals surface area contributed by atoms with Gasteiger partial charge in [-0.3, -0.25) is 4.79 Å². The Balaban J connectivity index is 1.51. The molecule has 0 atom stereocenters. The van der Waals surface area contributed by atoms with E-state index in [4.69, 9.17) is 39.5 Å². The predicted molar refractivity (Wildman–Crippen MR) is 147 cm³/mol. The Kier molecular flexibility index (Phi) is 8.98. The monoisotopic (exact) mass is 587 g/mol. The fourth-order valence-corrected chi connectivity index (χ4v) is 7.13. The first-order valence-corrected chi connectivity index (χ1v) is 14.9. The van der Waals surface area contributed by atoms with E-state index in [1.807, 2.05) is 31.0 Å². The Bertz CT molecular complexity index is 1240. The molecule has 2 fully saturated rings. The van der Waals surface area contributed by atoms with Crippen molar-refractivity contribution in [1.29, 1.82) is 0 Å². The Morgan fingerprint density at radius 2 is 1.62 bits per heavy atom. The van der Waals surface area contributed by atoms with Crippen LogP contribution < -0.4 is 4.74 Å². The van der Waals surface area contributed by atoms with Crippen LogP contribution in [0.3, 0.4) is 0 Å². The molecule has 0 saturated carbocycles. The second-order valence-electron chi connectivity index (χ2n) is 10.0. The number of sulfonamides is 1. The van der Waals surface area contributed by atoms with Gasteiger partial charge in [-0.15, -0.1) is 0 Å². The van der Waals surface area contributed by atoms with Crippen LogP contribution in [0.4, 0.5) is 0 Å². The summed E-state index contributed by atoms with van der Waals surface area (Å²) in [5.41, 5.74) is 0.409. The van der Waals surface area contributed by atoms with Crippen LogP contribution in [0.2, 0.25) is 15.1 Å². The summed E-state index contributed by atoms with van der Waals surface area (Å²) in [6, 6.07) is 9.87. The van der Waals surface area contributed by atoms with Gasteiger partial charge < -0.3 is 14.5 Å². The minimum Gasteiger partial charge on any atom is -0.493 e. The summed E-state index contributed by atoms with van der Waals surface area (Å²) in [4.78, 5) is 17.5. The average molecular weight is 589 g/mol. The third-order valence-electron chi connectivity index (χ3n) is 7.35. The minimum atomic E-state index is -3.81. The van der Waals surface area contributed by atoms with Gasteiger partial charge in [-0.25, -0.2) is 8.42 Å². The van der Waals surface area contributed by atoms with Crippen molar-refractivity contribution in [1.82, 2.24) is 14.1 Å². The van der Waals surface area contributed by atoms with E-state index in [0.717, 1.165) is 18.7 Å². The van der Waals surface area contributed by atoms with Gasteiger partial charge in [0.25, 0.3) is 0 Å². The van der Waals surface area contributed by atoms with Gasteiger partial charge in [0.05, 0.1) is 11.6 Å². The number of hydrogen-bond acceptors (Lipinski definition) is 5. The Hall–Kier alpha value is -1.55. The van der Waals surface area contributed by atoms with Crippen molar-refractivity contribution < 1.29 is 17.9 Å². The molecule has 0 unspecified atom stereocenters. The van der Waals surface area contributed by atoms with E-state index in [0.29, 0.717) is 54.8 Å². The zero-order chi connectivity index (χ0) is 26.8. The van der Waals surface area contributed by atoms with Crippen molar-refractivity contribution >= 4 is 50.7 Å². The van der Waals surface area contributed by atoms with E-state index in [9.17, 15) is 13.2 Å². The van der Waals surface area contributed by atoms with E-state index in [2.05, 4.69) is 4.90 Å². The molecule has 4 rings (SSSR count). The fraction of sp³-hybridized carbons (Fsp3) is 0.500. The molecule has 0 N–H and O–H groups in total. The van der Waals surface area contributed by atoms with Crippen LogP contribution in [0.15, 0.2) is 41.3 Å². The summed E-state index contributed by atoms with van der Waals surface area (Å²) in [6.45, 7) is 5.81. The zero-order valence-electron chi connectivity index (χ0n) is 21.1. The van der Waals surface area contributed by atoms with Gasteiger partial charge in [0.1, 0.15) is 10.6 Å². The molecule has 2 aliphatic rings. The number of carbonyl (C=O) groups excluding carboxylic acids is 1. The average Bonchev–Trinajstić information content (AvgIpc) is 2.85. The number of hydrogen-bond donors (Lipinski definition) is 0. The van der Waals surface area contributed by atoms with Gasteiger partial charge in [-0.1, -0.05) is 34.8 Å². The van der Waals surface area contributed by atoms with Crippen LogP contribution in [0.5, 0.6) is 5.75 Å². The number of aryl methyl sites for hydroxylation is 1. The van der Waals surface area contributed by atoms with Gasteiger partial charge in [0, 0.05) is 61.1 Å². The van der Waals surface area contributed by atoms with Gasteiger partial charge in [-0.2, -0.15) is 4.31 Å². The number of halogens is 3. The summed E-state index contributed by atoms with van der Waals surface area (Å²) in [5, 5.41) is 1.13. The highest BCUT2D eigenvalue weighted by molar-refractivity contribution is 7.89. The smallest absolute Gasteiger partial charge is 0.244 e. The second-order valence-corrected chi connectivity index (χ2v) is 13.2. The molecule has 202 valence electrons. The van der Waals surface area contributed by atoms with Crippen LogP contribution >= 0.6 is 34.8 Å². The maximum Gasteiger partial charge on any atom is 0.244 e. The van der Waals surface area contributed by atoms with Crippen LogP contribution in [0, 0.1) is 12.3 Å². The topological polar surface area (TPSA) is 70.2 Å². The lowest BCUT2D eigenvalue weighted by molar-refractivity contribution is -0.136. The molecule has 0 spiro atoms. The summed E-state index contributed by atoms with van der Waals surface area (Å²) in [6.07, 6.45) is 1.28. The van der Waals surface area contributed by atoms with Crippen LogP contribution in [0.1, 0.15) is 24.8 Å².